The van der Waals surface area contributed by atoms with E-state index in [1.54, 1.807) is 18.4 Å². The van der Waals surface area contributed by atoms with Crippen LogP contribution in [0.3, 0.4) is 0 Å². The molecule has 3 aromatic rings. The molecular weight excluding hydrogens is 482 g/mol. The van der Waals surface area contributed by atoms with E-state index in [4.69, 9.17) is 9.72 Å². The molecule has 0 saturated heterocycles. The zero-order valence-electron chi connectivity index (χ0n) is 20.4. The molecule has 0 atom stereocenters. The topological polar surface area (TPSA) is 90.3 Å². The van der Waals surface area contributed by atoms with Crippen molar-refractivity contribution in [2.45, 2.75) is 70.6 Å². The first-order valence-corrected chi connectivity index (χ1v) is 13.9. The molecule has 0 radical (unpaired) electrons. The number of fused-ring (bicyclic) bond motifs is 1. The zero-order chi connectivity index (χ0) is 24.9. The maximum absolute atomic E-state index is 13.7. The van der Waals surface area contributed by atoms with Crippen molar-refractivity contribution in [2.75, 3.05) is 12.4 Å². The maximum atomic E-state index is 13.7. The van der Waals surface area contributed by atoms with Crippen molar-refractivity contribution in [3.63, 3.8) is 0 Å². The smallest absolute Gasteiger partial charge is 0.348 e. The molecule has 0 bridgehead atoms. The Labute approximate surface area is 213 Å². The maximum Gasteiger partial charge on any atom is 0.348 e. The minimum Gasteiger partial charge on any atom is -0.462 e. The average Bonchev–Trinajstić information content (AvgIpc) is 3.18. The summed E-state index contributed by atoms with van der Waals surface area (Å²) in [5.74, 6) is -0.316. The quantitative estimate of drug-likeness (QED) is 0.263. The number of aryl methyl sites for hydroxylation is 2. The number of thiophene rings is 1. The van der Waals surface area contributed by atoms with Crippen LogP contribution in [0.4, 0.5) is 0 Å². The van der Waals surface area contributed by atoms with Crippen LogP contribution in [0, 0.1) is 13.8 Å². The number of hydrogen-bond donors (Lipinski definition) is 1. The molecule has 1 aliphatic carbocycles. The highest BCUT2D eigenvalue weighted by Gasteiger charge is 2.23. The SMILES string of the molecule is CCOC(=O)c1sc2nc(SCC(=O)NC3CCCCC3)n(Cc3ccc(C)cc3)c(=O)c2c1C. The second-order valence-electron chi connectivity index (χ2n) is 8.92. The fourth-order valence-electron chi connectivity index (χ4n) is 4.36. The summed E-state index contributed by atoms with van der Waals surface area (Å²) in [5.41, 5.74) is 2.47. The van der Waals surface area contributed by atoms with Crippen LogP contribution in [0.5, 0.6) is 0 Å². The summed E-state index contributed by atoms with van der Waals surface area (Å²) in [4.78, 5) is 44.4. The fourth-order valence-corrected chi connectivity index (χ4v) is 6.29. The second-order valence-corrected chi connectivity index (χ2v) is 10.9. The molecule has 1 aliphatic rings. The number of thioether (sulfide) groups is 1. The number of rotatable bonds is 8. The highest BCUT2D eigenvalue weighted by molar-refractivity contribution is 7.99. The standard InChI is InChI=1S/C26H31N3O4S2/c1-4-33-25(32)22-17(3)21-23(35-22)28-26(34-15-20(30)27-19-8-6-5-7-9-19)29(24(21)31)14-18-12-10-16(2)11-13-18/h10-13,19H,4-9,14-15H2,1-3H3,(H,27,30). The number of nitrogens with one attached hydrogen (secondary N) is 1. The first kappa shape index (κ1) is 25.4. The molecule has 2 aromatic heterocycles. The van der Waals surface area contributed by atoms with Gasteiger partial charge in [-0.25, -0.2) is 9.78 Å². The lowest BCUT2D eigenvalue weighted by Gasteiger charge is -2.22. The van der Waals surface area contributed by atoms with Gasteiger partial charge >= 0.3 is 5.97 Å². The Balaban J connectivity index is 1.67. The van der Waals surface area contributed by atoms with E-state index in [9.17, 15) is 14.4 Å². The number of nitrogens with zero attached hydrogens (tertiary/aromatic N) is 2. The third-order valence-electron chi connectivity index (χ3n) is 6.24. The summed E-state index contributed by atoms with van der Waals surface area (Å²) in [5, 5.41) is 4.03. The molecule has 1 N–H and O–H groups in total. The van der Waals surface area contributed by atoms with Crippen molar-refractivity contribution in [2.24, 2.45) is 0 Å². The lowest BCUT2D eigenvalue weighted by molar-refractivity contribution is -0.119. The van der Waals surface area contributed by atoms with Gasteiger partial charge in [0, 0.05) is 6.04 Å². The molecule has 35 heavy (non-hydrogen) atoms. The van der Waals surface area contributed by atoms with Crippen LogP contribution in [-0.4, -0.2) is 39.8 Å². The average molecular weight is 514 g/mol. The van der Waals surface area contributed by atoms with Crippen LogP contribution in [0.2, 0.25) is 0 Å². The van der Waals surface area contributed by atoms with E-state index in [1.807, 2.05) is 31.2 Å². The van der Waals surface area contributed by atoms with Gasteiger partial charge in [-0.15, -0.1) is 11.3 Å². The molecule has 4 rings (SSSR count). The van der Waals surface area contributed by atoms with Crippen molar-refractivity contribution < 1.29 is 14.3 Å². The molecular formula is C26H31N3O4S2. The zero-order valence-corrected chi connectivity index (χ0v) is 22.0. The lowest BCUT2D eigenvalue weighted by Crippen LogP contribution is -2.37. The summed E-state index contributed by atoms with van der Waals surface area (Å²) < 4.78 is 6.78. The largest absolute Gasteiger partial charge is 0.462 e. The van der Waals surface area contributed by atoms with Crippen molar-refractivity contribution in [3.8, 4) is 0 Å². The van der Waals surface area contributed by atoms with Crippen molar-refractivity contribution >= 4 is 45.2 Å². The van der Waals surface area contributed by atoms with E-state index in [1.165, 1.54) is 29.5 Å². The van der Waals surface area contributed by atoms with Crippen LogP contribution in [0.25, 0.3) is 10.2 Å². The number of hydrogen-bond acceptors (Lipinski definition) is 7. The van der Waals surface area contributed by atoms with E-state index in [-0.39, 0.29) is 29.9 Å². The van der Waals surface area contributed by atoms with Gasteiger partial charge in [0.1, 0.15) is 9.71 Å². The van der Waals surface area contributed by atoms with E-state index < -0.39 is 5.97 Å². The molecule has 7 nitrogen and oxygen atoms in total. The molecule has 1 amide bonds. The summed E-state index contributed by atoms with van der Waals surface area (Å²) in [7, 11) is 0. The van der Waals surface area contributed by atoms with E-state index in [2.05, 4.69) is 5.32 Å². The Kier molecular flexibility index (Phi) is 8.28. The number of aromatic nitrogens is 2. The second kappa shape index (κ2) is 11.4. The Bertz CT molecular complexity index is 1270. The summed E-state index contributed by atoms with van der Waals surface area (Å²) in [6.45, 7) is 6.12. The van der Waals surface area contributed by atoms with Gasteiger partial charge in [-0.1, -0.05) is 60.9 Å². The first-order valence-electron chi connectivity index (χ1n) is 12.1. The predicted molar refractivity (Wildman–Crippen MR) is 141 cm³/mol. The van der Waals surface area contributed by atoms with Gasteiger partial charge in [0.2, 0.25) is 5.91 Å². The Morgan fingerprint density at radius 1 is 1.17 bits per heavy atom. The monoisotopic (exact) mass is 513 g/mol. The predicted octanol–water partition coefficient (Wildman–Crippen LogP) is 4.84. The van der Waals surface area contributed by atoms with E-state index >= 15 is 0 Å². The Morgan fingerprint density at radius 2 is 1.89 bits per heavy atom. The van der Waals surface area contributed by atoms with Gasteiger partial charge in [0.15, 0.2) is 5.16 Å². The van der Waals surface area contributed by atoms with Gasteiger partial charge in [0.25, 0.3) is 5.56 Å². The molecule has 186 valence electrons. The molecule has 1 fully saturated rings. The van der Waals surface area contributed by atoms with Crippen LogP contribution in [0.1, 0.15) is 65.4 Å². The first-order chi connectivity index (χ1) is 16.9. The molecule has 0 aliphatic heterocycles. The summed E-state index contributed by atoms with van der Waals surface area (Å²) in [6.07, 6.45) is 5.55. The minimum absolute atomic E-state index is 0.0484. The molecule has 1 aromatic carbocycles. The third-order valence-corrected chi connectivity index (χ3v) is 8.38. The number of benzene rings is 1. The molecule has 1 saturated carbocycles. The summed E-state index contributed by atoms with van der Waals surface area (Å²) in [6, 6.07) is 8.22. The lowest BCUT2D eigenvalue weighted by atomic mass is 9.95. The highest BCUT2D eigenvalue weighted by Crippen LogP contribution is 2.30. The third kappa shape index (κ3) is 5.95. The van der Waals surface area contributed by atoms with Crippen molar-refractivity contribution in [1.82, 2.24) is 14.9 Å². The van der Waals surface area contributed by atoms with Crippen LogP contribution >= 0.6 is 23.1 Å². The van der Waals surface area contributed by atoms with Gasteiger partial charge in [0.05, 0.1) is 24.3 Å². The Morgan fingerprint density at radius 3 is 2.57 bits per heavy atom. The molecule has 2 heterocycles. The van der Waals surface area contributed by atoms with Gasteiger partial charge in [-0.05, 0) is 44.7 Å². The van der Waals surface area contributed by atoms with Crippen molar-refractivity contribution in [3.05, 3.63) is 56.2 Å². The van der Waals surface area contributed by atoms with Crippen LogP contribution in [0.15, 0.2) is 34.2 Å². The van der Waals surface area contributed by atoms with Crippen LogP contribution < -0.4 is 10.9 Å². The Hall–Kier alpha value is -2.65. The van der Waals surface area contributed by atoms with E-state index in [0.717, 1.165) is 36.8 Å². The molecule has 9 heteroatoms. The number of carbonyl (C=O) groups excluding carboxylic acids is 2. The normalized spacial score (nSPS) is 14.3. The van der Waals surface area contributed by atoms with Gasteiger partial charge < -0.3 is 10.1 Å². The fraction of sp³-hybridized carbons (Fsp3) is 0.462. The van der Waals surface area contributed by atoms with Gasteiger partial charge in [-0.3, -0.25) is 14.2 Å². The molecule has 0 spiro atoms. The number of esters is 1. The van der Waals surface area contributed by atoms with Gasteiger partial charge in [-0.2, -0.15) is 0 Å². The van der Waals surface area contributed by atoms with Crippen LogP contribution in [-0.2, 0) is 16.1 Å². The summed E-state index contributed by atoms with van der Waals surface area (Å²) >= 11 is 2.43. The number of ether oxygens (including phenoxy) is 1. The van der Waals surface area contributed by atoms with Crippen molar-refractivity contribution in [1.29, 1.82) is 0 Å². The molecule has 0 unspecified atom stereocenters. The minimum atomic E-state index is -0.446. The van der Waals surface area contributed by atoms with E-state index in [0.29, 0.717) is 32.4 Å². The highest BCUT2D eigenvalue weighted by atomic mass is 32.2. The number of carbonyl (C=O) groups is 2. The number of amides is 1.